The fourth-order valence-electron chi connectivity index (χ4n) is 1.80. The van der Waals surface area contributed by atoms with E-state index < -0.39 is 0 Å². The molecular weight excluding hydrogens is 334 g/mol. The number of hydrogen-bond acceptors (Lipinski definition) is 4. The lowest BCUT2D eigenvalue weighted by molar-refractivity contribution is -0.119. The van der Waals surface area contributed by atoms with Crippen molar-refractivity contribution in [1.29, 1.82) is 0 Å². The van der Waals surface area contributed by atoms with Gasteiger partial charge < -0.3 is 10.6 Å². The average Bonchev–Trinajstić information content (AvgIpc) is 2.90. The van der Waals surface area contributed by atoms with Crippen LogP contribution < -0.4 is 10.6 Å². The van der Waals surface area contributed by atoms with Crippen molar-refractivity contribution in [2.75, 3.05) is 10.6 Å². The second-order valence-electron chi connectivity index (χ2n) is 5.43. The van der Waals surface area contributed by atoms with Gasteiger partial charge in [0.05, 0.1) is 12.1 Å². The Bertz CT molecular complexity index is 728. The molecule has 0 bridgehead atoms. The number of carbonyl (C=O) groups excluding carboxylic acids is 2. The highest BCUT2D eigenvalue weighted by molar-refractivity contribution is 7.13. The molecule has 0 radical (unpaired) electrons. The topological polar surface area (TPSA) is 71.1 Å². The molecule has 2 aromatic rings. The van der Waals surface area contributed by atoms with Crippen LogP contribution >= 0.6 is 22.9 Å². The molecule has 7 heteroatoms. The number of aromatic nitrogens is 1. The van der Waals surface area contributed by atoms with Crippen molar-refractivity contribution in [2.45, 2.75) is 27.2 Å². The zero-order valence-electron chi connectivity index (χ0n) is 13.1. The molecule has 5 nitrogen and oxygen atoms in total. The summed E-state index contributed by atoms with van der Waals surface area (Å²) in [7, 11) is 0. The van der Waals surface area contributed by atoms with E-state index in [4.69, 9.17) is 11.6 Å². The largest absolute Gasteiger partial charge is 0.325 e. The normalized spacial score (nSPS) is 10.7. The van der Waals surface area contributed by atoms with Crippen molar-refractivity contribution in [3.05, 3.63) is 39.9 Å². The van der Waals surface area contributed by atoms with Crippen molar-refractivity contribution < 1.29 is 9.59 Å². The van der Waals surface area contributed by atoms with E-state index in [1.165, 1.54) is 11.3 Å². The summed E-state index contributed by atoms with van der Waals surface area (Å²) >= 11 is 7.34. The first-order valence-electron chi connectivity index (χ1n) is 7.17. The van der Waals surface area contributed by atoms with E-state index in [9.17, 15) is 9.59 Å². The number of hydrogen-bond donors (Lipinski definition) is 2. The van der Waals surface area contributed by atoms with Gasteiger partial charge in [-0.25, -0.2) is 4.98 Å². The highest BCUT2D eigenvalue weighted by atomic mass is 35.5. The third kappa shape index (κ3) is 4.77. The van der Waals surface area contributed by atoms with E-state index in [1.807, 2.05) is 20.8 Å². The molecule has 1 aromatic carbocycles. The molecule has 23 heavy (non-hydrogen) atoms. The highest BCUT2D eigenvalue weighted by Crippen LogP contribution is 2.23. The number of halogens is 1. The number of nitrogens with one attached hydrogen (secondary N) is 2. The Hall–Kier alpha value is -1.92. The Morgan fingerprint density at radius 2 is 2.04 bits per heavy atom. The monoisotopic (exact) mass is 351 g/mol. The number of benzene rings is 1. The van der Waals surface area contributed by atoms with Crippen molar-refractivity contribution >= 4 is 45.6 Å². The Morgan fingerprint density at radius 1 is 1.30 bits per heavy atom. The third-order valence-corrected chi connectivity index (χ3v) is 4.41. The van der Waals surface area contributed by atoms with E-state index in [1.54, 1.807) is 23.6 Å². The van der Waals surface area contributed by atoms with Gasteiger partial charge in [0, 0.05) is 22.0 Å². The van der Waals surface area contributed by atoms with E-state index >= 15 is 0 Å². The van der Waals surface area contributed by atoms with Gasteiger partial charge >= 0.3 is 0 Å². The molecule has 0 unspecified atom stereocenters. The second-order valence-corrected chi connectivity index (χ2v) is 6.69. The van der Waals surface area contributed by atoms with Crippen LogP contribution in [0.5, 0.6) is 0 Å². The smallest absolute Gasteiger partial charge is 0.230 e. The summed E-state index contributed by atoms with van der Waals surface area (Å²) in [6.45, 7) is 5.47. The number of rotatable bonds is 5. The predicted molar refractivity (Wildman–Crippen MR) is 94.1 cm³/mol. The Labute approximate surface area is 144 Å². The molecule has 0 aliphatic heterocycles. The Kier molecular flexibility index (Phi) is 5.74. The van der Waals surface area contributed by atoms with Crippen LogP contribution in [0, 0.1) is 12.8 Å². The molecule has 0 fully saturated rings. The van der Waals surface area contributed by atoms with Gasteiger partial charge in [-0.05, 0) is 24.6 Å². The maximum absolute atomic E-state index is 12.1. The Balaban J connectivity index is 1.97. The molecule has 1 aromatic heterocycles. The maximum Gasteiger partial charge on any atom is 0.230 e. The fraction of sp³-hybridized carbons (Fsp3) is 0.312. The lowest BCUT2D eigenvalue weighted by Gasteiger charge is -2.08. The minimum Gasteiger partial charge on any atom is -0.325 e. The highest BCUT2D eigenvalue weighted by Gasteiger charge is 2.13. The molecule has 0 aliphatic rings. The van der Waals surface area contributed by atoms with Crippen molar-refractivity contribution in [2.24, 2.45) is 5.92 Å². The van der Waals surface area contributed by atoms with Crippen molar-refractivity contribution in [3.63, 3.8) is 0 Å². The number of nitrogens with zero attached hydrogens (tertiary/aromatic N) is 1. The van der Waals surface area contributed by atoms with E-state index in [0.29, 0.717) is 21.5 Å². The molecule has 2 rings (SSSR count). The van der Waals surface area contributed by atoms with Crippen LogP contribution in [0.2, 0.25) is 5.02 Å². The lowest BCUT2D eigenvalue weighted by atomic mass is 10.2. The molecule has 0 aliphatic carbocycles. The second kappa shape index (κ2) is 7.57. The molecule has 0 saturated carbocycles. The zero-order chi connectivity index (χ0) is 17.0. The molecule has 2 amide bonds. The van der Waals surface area contributed by atoms with E-state index in [-0.39, 0.29) is 24.2 Å². The summed E-state index contributed by atoms with van der Waals surface area (Å²) in [5.74, 6) is -0.385. The molecule has 0 saturated heterocycles. The first kappa shape index (κ1) is 17.4. The summed E-state index contributed by atoms with van der Waals surface area (Å²) in [6, 6.07) is 5.36. The number of anilines is 2. The van der Waals surface area contributed by atoms with Crippen LogP contribution in [0.25, 0.3) is 0 Å². The van der Waals surface area contributed by atoms with Gasteiger partial charge in [-0.2, -0.15) is 0 Å². The third-order valence-electron chi connectivity index (χ3n) is 3.19. The van der Waals surface area contributed by atoms with Gasteiger partial charge in [0.25, 0.3) is 0 Å². The first-order chi connectivity index (χ1) is 10.9. The number of amides is 2. The minimum absolute atomic E-state index is 0.0927. The standard InChI is InChI=1S/C16H18ClN3O2S/c1-9(2)15(22)20-16-18-11(8-23-16)7-14(21)19-13-6-4-5-12(17)10(13)3/h4-6,8-9H,7H2,1-3H3,(H,19,21)(H,18,20,22). The summed E-state index contributed by atoms with van der Waals surface area (Å²) in [5, 5.41) is 8.42. The van der Waals surface area contributed by atoms with Crippen molar-refractivity contribution in [1.82, 2.24) is 4.98 Å². The lowest BCUT2D eigenvalue weighted by Crippen LogP contribution is -2.18. The van der Waals surface area contributed by atoms with Gasteiger partial charge in [0.2, 0.25) is 11.8 Å². The molecule has 122 valence electrons. The maximum atomic E-state index is 12.1. The van der Waals surface area contributed by atoms with Crippen LogP contribution in [-0.4, -0.2) is 16.8 Å². The van der Waals surface area contributed by atoms with Crippen LogP contribution in [-0.2, 0) is 16.0 Å². The summed E-state index contributed by atoms with van der Waals surface area (Å²) < 4.78 is 0. The number of carbonyl (C=O) groups is 2. The molecule has 2 N–H and O–H groups in total. The van der Waals surface area contributed by atoms with E-state index in [2.05, 4.69) is 15.6 Å². The fourth-order valence-corrected chi connectivity index (χ4v) is 2.68. The molecule has 1 heterocycles. The minimum atomic E-state index is -0.178. The SMILES string of the molecule is Cc1c(Cl)cccc1NC(=O)Cc1csc(NC(=O)C(C)C)n1. The van der Waals surface area contributed by atoms with Crippen LogP contribution in [0.4, 0.5) is 10.8 Å². The summed E-state index contributed by atoms with van der Waals surface area (Å²) in [5.41, 5.74) is 2.13. The van der Waals surface area contributed by atoms with Crippen LogP contribution in [0.1, 0.15) is 25.1 Å². The number of thiazole rings is 1. The first-order valence-corrected chi connectivity index (χ1v) is 8.43. The van der Waals surface area contributed by atoms with Gasteiger partial charge in [-0.15, -0.1) is 11.3 Å². The molecule has 0 spiro atoms. The summed E-state index contributed by atoms with van der Waals surface area (Å²) in [4.78, 5) is 28.0. The van der Waals surface area contributed by atoms with Crippen molar-refractivity contribution in [3.8, 4) is 0 Å². The van der Waals surface area contributed by atoms with E-state index in [0.717, 1.165) is 5.56 Å². The molecular formula is C16H18ClN3O2S. The van der Waals surface area contributed by atoms with Crippen LogP contribution in [0.15, 0.2) is 23.6 Å². The molecule has 0 atom stereocenters. The zero-order valence-corrected chi connectivity index (χ0v) is 14.7. The summed E-state index contributed by atoms with van der Waals surface area (Å²) in [6.07, 6.45) is 0.139. The van der Waals surface area contributed by atoms with Gasteiger partial charge in [-0.1, -0.05) is 31.5 Å². The average molecular weight is 352 g/mol. The predicted octanol–water partition coefficient (Wildman–Crippen LogP) is 3.88. The quantitative estimate of drug-likeness (QED) is 0.858. The van der Waals surface area contributed by atoms with Gasteiger partial charge in [0.15, 0.2) is 5.13 Å². The Morgan fingerprint density at radius 3 is 2.74 bits per heavy atom. The van der Waals surface area contributed by atoms with Gasteiger partial charge in [-0.3, -0.25) is 9.59 Å². The van der Waals surface area contributed by atoms with Crippen LogP contribution in [0.3, 0.4) is 0 Å². The van der Waals surface area contributed by atoms with Gasteiger partial charge in [0.1, 0.15) is 0 Å².